The number of carbonyl (C=O) groups excluding carboxylic acids is 2. The highest BCUT2D eigenvalue weighted by molar-refractivity contribution is 7.99. The molecule has 2 N–H and O–H groups in total. The minimum Gasteiger partial charge on any atom is -0.342 e. The second-order valence-corrected chi connectivity index (χ2v) is 8.71. The Morgan fingerprint density at radius 3 is 2.45 bits per heavy atom. The molecule has 0 radical (unpaired) electrons. The molecule has 162 valence electrons. The fraction of sp³-hybridized carbons (Fsp3) is 0.200. The van der Waals surface area contributed by atoms with Gasteiger partial charge >= 0.3 is 0 Å². The van der Waals surface area contributed by atoms with E-state index in [1.54, 1.807) is 35.9 Å². The highest BCUT2D eigenvalue weighted by Gasteiger charge is 2.19. The van der Waals surface area contributed by atoms with Gasteiger partial charge in [0.1, 0.15) is 0 Å². The molecule has 0 spiro atoms. The van der Waals surface area contributed by atoms with Crippen LogP contribution in [-0.4, -0.2) is 32.3 Å². The van der Waals surface area contributed by atoms with Crippen molar-refractivity contribution in [3.8, 4) is 0 Å². The van der Waals surface area contributed by atoms with Gasteiger partial charge in [0.2, 0.25) is 5.91 Å². The maximum atomic E-state index is 12.4. The standard InChI is InChI=1S/C20H18Cl3N5O2S/c1-11(24-19(30)12-6-4-3-5-7-12)18-26-27-20(28(18)2)31-10-17(29)25-16-9-14(22)13(21)8-15(16)23/h3-9,11H,10H2,1-2H3,(H,24,30)(H,25,29)/t11-/m1/s1. The normalized spacial score (nSPS) is 11.8. The quantitative estimate of drug-likeness (QED) is 0.354. The molecule has 0 unspecified atom stereocenters. The van der Waals surface area contributed by atoms with Crippen LogP contribution in [0.5, 0.6) is 0 Å². The van der Waals surface area contributed by atoms with E-state index in [0.29, 0.717) is 32.3 Å². The second-order valence-electron chi connectivity index (χ2n) is 6.54. The average molecular weight is 499 g/mol. The molecular formula is C20H18Cl3N5O2S. The summed E-state index contributed by atoms with van der Waals surface area (Å²) in [5.41, 5.74) is 0.932. The Labute approximate surface area is 198 Å². The third kappa shape index (κ3) is 5.92. The van der Waals surface area contributed by atoms with Crippen molar-refractivity contribution in [3.05, 3.63) is 68.9 Å². The molecule has 0 aliphatic carbocycles. The first-order valence-corrected chi connectivity index (χ1v) is 11.2. The summed E-state index contributed by atoms with van der Waals surface area (Å²) < 4.78 is 1.74. The van der Waals surface area contributed by atoms with Crippen molar-refractivity contribution in [2.75, 3.05) is 11.1 Å². The lowest BCUT2D eigenvalue weighted by Crippen LogP contribution is -2.28. The van der Waals surface area contributed by atoms with Gasteiger partial charge in [-0.05, 0) is 31.2 Å². The lowest BCUT2D eigenvalue weighted by molar-refractivity contribution is -0.113. The molecule has 31 heavy (non-hydrogen) atoms. The summed E-state index contributed by atoms with van der Waals surface area (Å²) in [6.45, 7) is 1.82. The third-order valence-corrected chi connectivity index (χ3v) is 6.31. The first-order chi connectivity index (χ1) is 14.8. The van der Waals surface area contributed by atoms with Crippen LogP contribution in [0.3, 0.4) is 0 Å². The molecule has 0 saturated heterocycles. The molecule has 1 heterocycles. The molecular weight excluding hydrogens is 481 g/mol. The van der Waals surface area contributed by atoms with E-state index in [9.17, 15) is 9.59 Å². The Morgan fingerprint density at radius 2 is 1.74 bits per heavy atom. The van der Waals surface area contributed by atoms with Gasteiger partial charge in [-0.1, -0.05) is 64.8 Å². The summed E-state index contributed by atoms with van der Waals surface area (Å²) in [5.74, 6) is 0.149. The minimum atomic E-state index is -0.372. The average Bonchev–Trinajstić information content (AvgIpc) is 3.11. The monoisotopic (exact) mass is 497 g/mol. The Kier molecular flexibility index (Phi) is 7.83. The van der Waals surface area contributed by atoms with Gasteiger partial charge in [0.05, 0.1) is 32.5 Å². The zero-order valence-electron chi connectivity index (χ0n) is 16.5. The Hall–Kier alpha value is -2.26. The van der Waals surface area contributed by atoms with Gasteiger partial charge in [-0.3, -0.25) is 9.59 Å². The van der Waals surface area contributed by atoms with Gasteiger partial charge in [-0.2, -0.15) is 0 Å². The minimum absolute atomic E-state index is 0.0767. The number of benzene rings is 2. The number of nitrogens with zero attached hydrogens (tertiary/aromatic N) is 3. The summed E-state index contributed by atoms with van der Waals surface area (Å²) >= 11 is 19.2. The fourth-order valence-corrected chi connectivity index (χ4v) is 4.01. The number of anilines is 1. The van der Waals surface area contributed by atoms with Crippen LogP contribution in [0.4, 0.5) is 5.69 Å². The Bertz CT molecular complexity index is 1110. The molecule has 1 aromatic heterocycles. The summed E-state index contributed by atoms with van der Waals surface area (Å²) in [7, 11) is 1.77. The molecule has 2 aromatic carbocycles. The number of carbonyl (C=O) groups is 2. The van der Waals surface area contributed by atoms with E-state index in [1.807, 2.05) is 13.0 Å². The maximum Gasteiger partial charge on any atom is 0.251 e. The van der Waals surface area contributed by atoms with Crippen molar-refractivity contribution >= 4 is 64.1 Å². The second kappa shape index (κ2) is 10.4. The molecule has 2 amide bonds. The first kappa shape index (κ1) is 23.4. The molecule has 11 heteroatoms. The molecule has 0 fully saturated rings. The predicted octanol–water partition coefficient (Wildman–Crippen LogP) is 5.00. The van der Waals surface area contributed by atoms with E-state index in [0.717, 1.165) is 0 Å². The van der Waals surface area contributed by atoms with Crippen LogP contribution >= 0.6 is 46.6 Å². The molecule has 3 aromatic rings. The number of hydrogen-bond donors (Lipinski definition) is 2. The van der Waals surface area contributed by atoms with Crippen LogP contribution in [0.15, 0.2) is 47.6 Å². The van der Waals surface area contributed by atoms with Gasteiger partial charge in [-0.15, -0.1) is 10.2 Å². The number of aromatic nitrogens is 3. The summed E-state index contributed by atoms with van der Waals surface area (Å²) in [6, 6.07) is 11.5. The molecule has 1 atom stereocenters. The summed E-state index contributed by atoms with van der Waals surface area (Å²) in [6.07, 6.45) is 0. The lowest BCUT2D eigenvalue weighted by Gasteiger charge is -2.13. The SMILES string of the molecule is C[C@@H](NC(=O)c1ccccc1)c1nnc(SCC(=O)Nc2cc(Cl)c(Cl)cc2Cl)n1C. The van der Waals surface area contributed by atoms with Gasteiger partial charge < -0.3 is 15.2 Å². The molecule has 0 aliphatic heterocycles. The first-order valence-electron chi connectivity index (χ1n) is 9.08. The Balaban J connectivity index is 1.59. The van der Waals surface area contributed by atoms with Crippen LogP contribution in [0.2, 0.25) is 15.1 Å². The van der Waals surface area contributed by atoms with Crippen molar-refractivity contribution in [1.82, 2.24) is 20.1 Å². The van der Waals surface area contributed by atoms with Crippen molar-refractivity contribution in [2.45, 2.75) is 18.1 Å². The van der Waals surface area contributed by atoms with Gasteiger partial charge in [-0.25, -0.2) is 0 Å². The van der Waals surface area contributed by atoms with E-state index < -0.39 is 0 Å². The zero-order valence-corrected chi connectivity index (χ0v) is 19.6. The largest absolute Gasteiger partial charge is 0.342 e. The van der Waals surface area contributed by atoms with Crippen LogP contribution in [0.1, 0.15) is 29.1 Å². The summed E-state index contributed by atoms with van der Waals surface area (Å²) in [4.78, 5) is 24.7. The van der Waals surface area contributed by atoms with E-state index in [2.05, 4.69) is 20.8 Å². The number of thioether (sulfide) groups is 1. The van der Waals surface area contributed by atoms with E-state index in [4.69, 9.17) is 34.8 Å². The maximum absolute atomic E-state index is 12.4. The van der Waals surface area contributed by atoms with Crippen molar-refractivity contribution < 1.29 is 9.59 Å². The highest BCUT2D eigenvalue weighted by Crippen LogP contribution is 2.32. The van der Waals surface area contributed by atoms with Crippen molar-refractivity contribution in [2.24, 2.45) is 7.05 Å². The topological polar surface area (TPSA) is 88.9 Å². The smallest absolute Gasteiger partial charge is 0.251 e. The predicted molar refractivity (Wildman–Crippen MR) is 124 cm³/mol. The molecule has 7 nitrogen and oxygen atoms in total. The number of nitrogens with one attached hydrogen (secondary N) is 2. The van der Waals surface area contributed by atoms with Gasteiger partial charge in [0, 0.05) is 12.6 Å². The van der Waals surface area contributed by atoms with Crippen LogP contribution in [0, 0.1) is 0 Å². The van der Waals surface area contributed by atoms with Gasteiger partial charge in [0.15, 0.2) is 11.0 Å². The van der Waals surface area contributed by atoms with Gasteiger partial charge in [0.25, 0.3) is 5.91 Å². The number of amides is 2. The molecule has 3 rings (SSSR count). The number of rotatable bonds is 7. The van der Waals surface area contributed by atoms with Crippen molar-refractivity contribution in [1.29, 1.82) is 0 Å². The Morgan fingerprint density at radius 1 is 1.06 bits per heavy atom. The highest BCUT2D eigenvalue weighted by atomic mass is 35.5. The fourth-order valence-electron chi connectivity index (χ4n) is 2.70. The third-order valence-electron chi connectivity index (χ3n) is 4.26. The number of hydrogen-bond acceptors (Lipinski definition) is 5. The summed E-state index contributed by atoms with van der Waals surface area (Å²) in [5, 5.41) is 15.3. The van der Waals surface area contributed by atoms with E-state index >= 15 is 0 Å². The van der Waals surface area contributed by atoms with E-state index in [-0.39, 0.29) is 28.6 Å². The number of halogens is 3. The van der Waals surface area contributed by atoms with Crippen LogP contribution in [0.25, 0.3) is 0 Å². The van der Waals surface area contributed by atoms with E-state index in [1.165, 1.54) is 23.9 Å². The molecule has 0 saturated carbocycles. The van der Waals surface area contributed by atoms with Crippen LogP contribution in [-0.2, 0) is 11.8 Å². The van der Waals surface area contributed by atoms with Crippen LogP contribution < -0.4 is 10.6 Å². The lowest BCUT2D eigenvalue weighted by atomic mass is 10.2. The zero-order chi connectivity index (χ0) is 22.5. The molecule has 0 bridgehead atoms. The molecule has 0 aliphatic rings. The van der Waals surface area contributed by atoms with Crippen molar-refractivity contribution in [3.63, 3.8) is 0 Å².